The molecular formula is C25H20F2O3S2. The van der Waals surface area contributed by atoms with Gasteiger partial charge in [0.15, 0.2) is 0 Å². The number of aryl methyl sites for hydroxylation is 1. The highest BCUT2D eigenvalue weighted by atomic mass is 32.3. The molecule has 0 bridgehead atoms. The van der Waals surface area contributed by atoms with E-state index in [0.717, 1.165) is 17.7 Å². The molecule has 32 heavy (non-hydrogen) atoms. The van der Waals surface area contributed by atoms with E-state index in [-0.39, 0.29) is 0 Å². The molecule has 0 spiro atoms. The molecule has 0 heterocycles. The highest BCUT2D eigenvalue weighted by Crippen LogP contribution is 2.70. The molecule has 0 aliphatic rings. The molecule has 4 aromatic rings. The average Bonchev–Trinajstić information content (AvgIpc) is 2.79. The molecule has 0 radical (unpaired) electrons. The van der Waals surface area contributed by atoms with Crippen LogP contribution in [0, 0.1) is 18.6 Å². The Morgan fingerprint density at radius 1 is 0.656 bits per heavy atom. The third-order valence-corrected chi connectivity index (χ3v) is 10.1. The maximum Gasteiger partial charge on any atom is 0.310 e. The quantitative estimate of drug-likeness (QED) is 0.309. The predicted octanol–water partition coefficient (Wildman–Crippen LogP) is 6.88. The molecule has 3 nitrogen and oxygen atoms in total. The molecule has 0 fully saturated rings. The SMILES string of the molecule is Cc1ccc(S(OS(=O)(=O)c2ccc(F)cc2F)(c2ccccc2)c2ccccc2)cc1. The molecule has 0 aliphatic heterocycles. The molecule has 0 aromatic heterocycles. The van der Waals surface area contributed by atoms with Crippen molar-refractivity contribution in [3.63, 3.8) is 0 Å². The first-order valence-corrected chi connectivity index (χ1v) is 12.7. The number of hydrogen-bond acceptors (Lipinski definition) is 3. The number of halogens is 2. The fourth-order valence-corrected chi connectivity index (χ4v) is 8.59. The summed E-state index contributed by atoms with van der Waals surface area (Å²) in [6.07, 6.45) is 0. The van der Waals surface area contributed by atoms with E-state index in [9.17, 15) is 17.2 Å². The second kappa shape index (κ2) is 8.86. The maximum atomic E-state index is 14.5. The van der Waals surface area contributed by atoms with Crippen molar-refractivity contribution in [2.24, 2.45) is 0 Å². The fourth-order valence-electron chi connectivity index (χ4n) is 3.33. The van der Waals surface area contributed by atoms with E-state index >= 15 is 0 Å². The van der Waals surface area contributed by atoms with Crippen LogP contribution in [0.25, 0.3) is 0 Å². The molecule has 4 rings (SSSR count). The number of rotatable bonds is 6. The zero-order chi connectivity index (χ0) is 22.8. The van der Waals surface area contributed by atoms with Crippen LogP contribution >= 0.6 is 10.3 Å². The molecule has 0 unspecified atom stereocenters. The van der Waals surface area contributed by atoms with Crippen LogP contribution in [0.4, 0.5) is 8.78 Å². The molecule has 0 saturated heterocycles. The van der Waals surface area contributed by atoms with Crippen molar-refractivity contribution in [1.82, 2.24) is 0 Å². The van der Waals surface area contributed by atoms with Gasteiger partial charge in [0, 0.05) is 20.8 Å². The molecule has 4 aromatic carbocycles. The van der Waals surface area contributed by atoms with E-state index in [1.807, 2.05) is 43.3 Å². The Morgan fingerprint density at radius 2 is 1.16 bits per heavy atom. The van der Waals surface area contributed by atoms with Gasteiger partial charge in [0.25, 0.3) is 0 Å². The van der Waals surface area contributed by atoms with Crippen LogP contribution in [0.15, 0.2) is 123 Å². The van der Waals surface area contributed by atoms with Crippen molar-refractivity contribution in [3.05, 3.63) is 120 Å². The minimum atomic E-state index is -4.62. The van der Waals surface area contributed by atoms with Crippen molar-refractivity contribution in [1.29, 1.82) is 0 Å². The van der Waals surface area contributed by atoms with Gasteiger partial charge in [-0.05, 0) is 65.8 Å². The van der Waals surface area contributed by atoms with Crippen molar-refractivity contribution in [2.75, 3.05) is 0 Å². The first-order chi connectivity index (χ1) is 15.3. The second-order valence-corrected chi connectivity index (χ2v) is 11.5. The molecule has 7 heteroatoms. The van der Waals surface area contributed by atoms with E-state index in [2.05, 4.69) is 0 Å². The summed E-state index contributed by atoms with van der Waals surface area (Å²) in [5.74, 6) is -2.08. The zero-order valence-electron chi connectivity index (χ0n) is 17.1. The Hall–Kier alpha value is -3.00. The molecular weight excluding hydrogens is 450 g/mol. The van der Waals surface area contributed by atoms with Gasteiger partial charge in [-0.1, -0.05) is 54.1 Å². The molecule has 0 aliphatic carbocycles. The van der Waals surface area contributed by atoms with Crippen molar-refractivity contribution >= 4 is 20.4 Å². The predicted molar refractivity (Wildman–Crippen MR) is 121 cm³/mol. The van der Waals surface area contributed by atoms with Crippen molar-refractivity contribution < 1.29 is 20.8 Å². The van der Waals surface area contributed by atoms with E-state index < -0.39 is 37.0 Å². The highest BCUT2D eigenvalue weighted by Gasteiger charge is 2.39. The lowest BCUT2D eigenvalue weighted by Gasteiger charge is -2.39. The first-order valence-electron chi connectivity index (χ1n) is 9.74. The normalized spacial score (nSPS) is 12.5. The molecule has 164 valence electrons. The molecule has 0 N–H and O–H groups in total. The average molecular weight is 471 g/mol. The van der Waals surface area contributed by atoms with E-state index in [0.29, 0.717) is 20.8 Å². The fraction of sp³-hybridized carbons (Fsp3) is 0.0400. The van der Waals surface area contributed by atoms with Crippen LogP contribution in [0.1, 0.15) is 5.56 Å². The van der Waals surface area contributed by atoms with Crippen LogP contribution in [0.2, 0.25) is 0 Å². The standard InChI is InChI=1S/C25H20F2O3S2/c1-19-12-15-23(16-13-19)31(21-8-4-2-5-9-21,22-10-6-3-7-11-22)30-32(28,29)25-17-14-20(26)18-24(25)27/h2-18H,1H3. The smallest absolute Gasteiger partial charge is 0.207 e. The molecule has 0 amide bonds. The second-order valence-electron chi connectivity index (χ2n) is 7.09. The van der Waals surface area contributed by atoms with Gasteiger partial charge in [0.05, 0.1) is 0 Å². The number of benzene rings is 4. The van der Waals surface area contributed by atoms with Crippen molar-refractivity contribution in [2.45, 2.75) is 26.5 Å². The lowest BCUT2D eigenvalue weighted by atomic mass is 10.2. The lowest BCUT2D eigenvalue weighted by Crippen LogP contribution is -2.15. The van der Waals surface area contributed by atoms with Gasteiger partial charge in [-0.2, -0.15) is 8.42 Å². The van der Waals surface area contributed by atoms with Crippen LogP contribution in [-0.4, -0.2) is 8.42 Å². The minimum Gasteiger partial charge on any atom is -0.207 e. The van der Waals surface area contributed by atoms with Gasteiger partial charge >= 0.3 is 10.1 Å². The first kappa shape index (κ1) is 22.2. The van der Waals surface area contributed by atoms with Crippen LogP contribution in [-0.2, 0) is 13.7 Å². The lowest BCUT2D eigenvalue weighted by molar-refractivity contribution is 0.493. The van der Waals surface area contributed by atoms with Gasteiger partial charge in [-0.15, -0.1) is 0 Å². The summed E-state index contributed by atoms with van der Waals surface area (Å²) in [5, 5.41) is 0. The highest BCUT2D eigenvalue weighted by molar-refractivity contribution is 8.33. The van der Waals surface area contributed by atoms with Gasteiger partial charge < -0.3 is 0 Å². The summed E-state index contributed by atoms with van der Waals surface area (Å²) in [4.78, 5) is 1.17. The Balaban J connectivity index is 2.01. The van der Waals surface area contributed by atoms with E-state index in [4.69, 9.17) is 3.63 Å². The largest absolute Gasteiger partial charge is 0.310 e. The van der Waals surface area contributed by atoms with Gasteiger partial charge in [0.2, 0.25) is 0 Å². The van der Waals surface area contributed by atoms with Gasteiger partial charge in [0.1, 0.15) is 16.5 Å². The summed E-state index contributed by atoms with van der Waals surface area (Å²) in [6.45, 7) is 1.93. The van der Waals surface area contributed by atoms with Gasteiger partial charge in [-0.3, -0.25) is 0 Å². The summed E-state index contributed by atoms with van der Waals surface area (Å²) in [6, 6.07) is 27.7. The van der Waals surface area contributed by atoms with Gasteiger partial charge in [-0.25, -0.2) is 12.4 Å². The minimum absolute atomic E-state index is 0.532. The molecule has 0 atom stereocenters. The maximum absolute atomic E-state index is 14.5. The van der Waals surface area contributed by atoms with Crippen LogP contribution in [0.5, 0.6) is 0 Å². The van der Waals surface area contributed by atoms with Crippen LogP contribution in [0.3, 0.4) is 0 Å². The Bertz CT molecular complexity index is 1290. The van der Waals surface area contributed by atoms with E-state index in [1.54, 1.807) is 48.5 Å². The Morgan fingerprint density at radius 3 is 1.66 bits per heavy atom. The Labute approximate surface area is 188 Å². The summed E-state index contributed by atoms with van der Waals surface area (Å²) in [7, 11) is -7.46. The topological polar surface area (TPSA) is 43.4 Å². The van der Waals surface area contributed by atoms with E-state index in [1.165, 1.54) is 0 Å². The number of hydrogen-bond donors (Lipinski definition) is 0. The monoisotopic (exact) mass is 470 g/mol. The summed E-state index contributed by atoms with van der Waals surface area (Å²) in [5.41, 5.74) is 0.996. The zero-order valence-corrected chi connectivity index (χ0v) is 18.7. The Kier molecular flexibility index (Phi) is 6.15. The van der Waals surface area contributed by atoms with Crippen molar-refractivity contribution in [3.8, 4) is 0 Å². The molecule has 0 saturated carbocycles. The third-order valence-electron chi connectivity index (χ3n) is 4.86. The summed E-state index contributed by atoms with van der Waals surface area (Å²) < 4.78 is 60.8. The summed E-state index contributed by atoms with van der Waals surface area (Å²) >= 11 is 0. The van der Waals surface area contributed by atoms with Crippen LogP contribution < -0.4 is 0 Å². The third kappa shape index (κ3) is 4.19.